The molecule has 0 bridgehead atoms. The molecule has 2 rings (SSSR count). The van der Waals surface area contributed by atoms with Gasteiger partial charge in [-0.05, 0) is 23.6 Å². The Kier molecular flexibility index (Phi) is 6.58. The molecule has 0 radical (unpaired) electrons. The summed E-state index contributed by atoms with van der Waals surface area (Å²) in [5.41, 5.74) is 1.12. The zero-order chi connectivity index (χ0) is 15.9. The van der Waals surface area contributed by atoms with Crippen LogP contribution in [0.5, 0.6) is 5.75 Å². The molecule has 2 atom stereocenters. The Labute approximate surface area is 137 Å². The van der Waals surface area contributed by atoms with E-state index in [1.807, 2.05) is 36.0 Å². The fourth-order valence-electron chi connectivity index (χ4n) is 2.65. The largest absolute Gasteiger partial charge is 0.497 e. The predicted molar refractivity (Wildman–Crippen MR) is 92.4 cm³/mol. The van der Waals surface area contributed by atoms with Crippen molar-refractivity contribution in [1.29, 1.82) is 0 Å². The number of carbonyl (C=O) groups is 1. The number of nitrogens with one attached hydrogen (secondary N) is 2. The zero-order valence-corrected chi connectivity index (χ0v) is 14.4. The smallest absolute Gasteiger partial charge is 0.222 e. The highest BCUT2D eigenvalue weighted by atomic mass is 32.2. The lowest BCUT2D eigenvalue weighted by Gasteiger charge is -2.26. The van der Waals surface area contributed by atoms with Gasteiger partial charge in [0.2, 0.25) is 5.91 Å². The summed E-state index contributed by atoms with van der Waals surface area (Å²) < 4.78 is 5.19. The lowest BCUT2D eigenvalue weighted by atomic mass is 9.95. The van der Waals surface area contributed by atoms with Gasteiger partial charge in [-0.15, -0.1) is 0 Å². The van der Waals surface area contributed by atoms with Gasteiger partial charge in [-0.25, -0.2) is 0 Å². The van der Waals surface area contributed by atoms with E-state index in [2.05, 4.69) is 24.5 Å². The van der Waals surface area contributed by atoms with Crippen LogP contribution >= 0.6 is 11.8 Å². The van der Waals surface area contributed by atoms with Crippen molar-refractivity contribution in [2.45, 2.75) is 32.4 Å². The van der Waals surface area contributed by atoms with Crippen molar-refractivity contribution in [3.63, 3.8) is 0 Å². The van der Waals surface area contributed by atoms with Crippen LogP contribution in [-0.2, 0) is 4.79 Å². The first-order valence-corrected chi connectivity index (χ1v) is 9.00. The second-order valence-corrected chi connectivity index (χ2v) is 7.14. The van der Waals surface area contributed by atoms with Crippen LogP contribution in [0.25, 0.3) is 0 Å². The summed E-state index contributed by atoms with van der Waals surface area (Å²) in [6.45, 7) is 5.25. The first-order chi connectivity index (χ1) is 10.6. The average Bonchev–Trinajstić information content (AvgIpc) is 2.53. The van der Waals surface area contributed by atoms with Crippen LogP contribution < -0.4 is 15.4 Å². The molecular weight excluding hydrogens is 296 g/mol. The number of ether oxygens (including phenoxy) is 1. The topological polar surface area (TPSA) is 50.4 Å². The Morgan fingerprint density at radius 2 is 2.14 bits per heavy atom. The van der Waals surface area contributed by atoms with Crippen molar-refractivity contribution < 1.29 is 9.53 Å². The van der Waals surface area contributed by atoms with Gasteiger partial charge in [0.15, 0.2) is 0 Å². The molecule has 0 saturated carbocycles. The summed E-state index contributed by atoms with van der Waals surface area (Å²) >= 11 is 1.91. The van der Waals surface area contributed by atoms with Crippen molar-refractivity contribution in [2.24, 2.45) is 5.92 Å². The number of hydrogen-bond donors (Lipinski definition) is 2. The molecule has 1 aliphatic heterocycles. The van der Waals surface area contributed by atoms with Crippen molar-refractivity contribution in [2.75, 3.05) is 25.2 Å². The maximum atomic E-state index is 12.3. The molecule has 2 N–H and O–H groups in total. The van der Waals surface area contributed by atoms with Crippen molar-refractivity contribution in [3.05, 3.63) is 29.8 Å². The molecule has 0 aliphatic carbocycles. The minimum Gasteiger partial charge on any atom is -0.497 e. The van der Waals surface area contributed by atoms with E-state index in [0.29, 0.717) is 18.4 Å². The Morgan fingerprint density at radius 3 is 2.68 bits per heavy atom. The molecule has 0 aromatic heterocycles. The monoisotopic (exact) mass is 322 g/mol. The molecule has 1 aromatic rings. The molecule has 5 heteroatoms. The Balaban J connectivity index is 1.96. The van der Waals surface area contributed by atoms with Crippen LogP contribution in [-0.4, -0.2) is 37.1 Å². The van der Waals surface area contributed by atoms with E-state index in [4.69, 9.17) is 4.74 Å². The molecule has 4 nitrogen and oxygen atoms in total. The number of methoxy groups -OCH3 is 1. The number of amides is 1. The van der Waals surface area contributed by atoms with Gasteiger partial charge in [-0.3, -0.25) is 4.79 Å². The van der Waals surface area contributed by atoms with Crippen molar-refractivity contribution in [3.8, 4) is 5.75 Å². The van der Waals surface area contributed by atoms with Crippen LogP contribution in [0.4, 0.5) is 0 Å². The number of thioether (sulfide) groups is 1. The molecule has 22 heavy (non-hydrogen) atoms. The van der Waals surface area contributed by atoms with Gasteiger partial charge in [0.1, 0.15) is 5.75 Å². The van der Waals surface area contributed by atoms with E-state index in [1.165, 1.54) is 0 Å². The fourth-order valence-corrected chi connectivity index (χ4v) is 3.60. The van der Waals surface area contributed by atoms with Gasteiger partial charge in [0.25, 0.3) is 0 Å². The van der Waals surface area contributed by atoms with E-state index in [9.17, 15) is 4.79 Å². The van der Waals surface area contributed by atoms with Crippen LogP contribution in [0.2, 0.25) is 0 Å². The average molecular weight is 322 g/mol. The summed E-state index contributed by atoms with van der Waals surface area (Å²) in [6, 6.07) is 8.26. The molecule has 1 fully saturated rings. The highest BCUT2D eigenvalue weighted by molar-refractivity contribution is 7.99. The normalized spacial score (nSPS) is 19.7. The van der Waals surface area contributed by atoms with Crippen molar-refractivity contribution >= 4 is 17.7 Å². The second kappa shape index (κ2) is 8.44. The molecule has 2 unspecified atom stereocenters. The van der Waals surface area contributed by atoms with Gasteiger partial charge in [-0.2, -0.15) is 11.8 Å². The SMILES string of the molecule is COc1ccc(C(NC(=O)CC2CSCCN2)C(C)C)cc1. The maximum Gasteiger partial charge on any atom is 0.222 e. The summed E-state index contributed by atoms with van der Waals surface area (Å²) in [5.74, 6) is 3.45. The highest BCUT2D eigenvalue weighted by Crippen LogP contribution is 2.24. The minimum atomic E-state index is 0.0367. The third-order valence-electron chi connectivity index (χ3n) is 3.89. The van der Waals surface area contributed by atoms with Gasteiger partial charge < -0.3 is 15.4 Å². The Bertz CT molecular complexity index is 470. The van der Waals surface area contributed by atoms with Crippen molar-refractivity contribution in [1.82, 2.24) is 10.6 Å². The van der Waals surface area contributed by atoms with Crippen LogP contribution in [0.1, 0.15) is 31.9 Å². The quantitative estimate of drug-likeness (QED) is 0.845. The molecule has 1 aliphatic rings. The number of rotatable bonds is 6. The number of benzene rings is 1. The molecule has 122 valence electrons. The molecule has 0 spiro atoms. The summed E-state index contributed by atoms with van der Waals surface area (Å²) in [7, 11) is 1.66. The van der Waals surface area contributed by atoms with E-state index < -0.39 is 0 Å². The van der Waals surface area contributed by atoms with Gasteiger partial charge >= 0.3 is 0 Å². The molecule has 1 aromatic carbocycles. The summed E-state index contributed by atoms with van der Waals surface area (Å²) in [5, 5.41) is 6.60. The van der Waals surface area contributed by atoms with Crippen LogP contribution in [0.3, 0.4) is 0 Å². The standard InChI is InChI=1S/C17H26N2O2S/c1-12(2)17(13-4-6-15(21-3)7-5-13)19-16(20)10-14-11-22-9-8-18-14/h4-7,12,14,17-18H,8-11H2,1-3H3,(H,19,20). The van der Waals surface area contributed by atoms with Gasteiger partial charge in [0.05, 0.1) is 13.2 Å². The maximum absolute atomic E-state index is 12.3. The first-order valence-electron chi connectivity index (χ1n) is 7.84. The molecular formula is C17H26N2O2S. The van der Waals surface area contributed by atoms with Gasteiger partial charge in [0, 0.05) is 30.5 Å². The third-order valence-corrected chi connectivity index (χ3v) is 5.02. The van der Waals surface area contributed by atoms with Gasteiger partial charge in [-0.1, -0.05) is 26.0 Å². The van der Waals surface area contributed by atoms with Crippen LogP contribution in [0, 0.1) is 5.92 Å². The second-order valence-electron chi connectivity index (χ2n) is 5.99. The Hall–Kier alpha value is -1.20. The minimum absolute atomic E-state index is 0.0367. The molecule has 1 amide bonds. The molecule has 1 heterocycles. The zero-order valence-electron chi connectivity index (χ0n) is 13.6. The lowest BCUT2D eigenvalue weighted by molar-refractivity contribution is -0.122. The molecule has 1 saturated heterocycles. The predicted octanol–water partition coefficient (Wildman–Crippen LogP) is 2.60. The highest BCUT2D eigenvalue weighted by Gasteiger charge is 2.21. The first kappa shape index (κ1) is 17.2. The van der Waals surface area contributed by atoms with E-state index in [0.717, 1.165) is 29.4 Å². The third kappa shape index (κ3) is 4.92. The fraction of sp³-hybridized carbons (Fsp3) is 0.588. The van der Waals surface area contributed by atoms with Crippen LogP contribution in [0.15, 0.2) is 24.3 Å². The summed E-state index contributed by atoms with van der Waals surface area (Å²) in [4.78, 5) is 12.3. The Morgan fingerprint density at radius 1 is 1.41 bits per heavy atom. The number of carbonyl (C=O) groups excluding carboxylic acids is 1. The van der Waals surface area contributed by atoms with E-state index in [-0.39, 0.29) is 11.9 Å². The number of hydrogen-bond acceptors (Lipinski definition) is 4. The lowest BCUT2D eigenvalue weighted by Crippen LogP contribution is -2.42. The van der Waals surface area contributed by atoms with E-state index in [1.54, 1.807) is 7.11 Å². The van der Waals surface area contributed by atoms with E-state index >= 15 is 0 Å². The summed E-state index contributed by atoms with van der Waals surface area (Å²) in [6.07, 6.45) is 0.548.